The van der Waals surface area contributed by atoms with Crippen molar-refractivity contribution in [1.29, 1.82) is 0 Å². The summed E-state index contributed by atoms with van der Waals surface area (Å²) in [6.07, 6.45) is 10.2. The Morgan fingerprint density at radius 3 is 1.92 bits per heavy atom. The SMILES string of the molecule is CC(=O)OC1=CC2C(C(CCl)CN2C(=O)c2ccc(C(=O)N3CC(CCl)c4c3cc(OC(=O)N(C)CCN(C)C(=O)OCc3ccc(NC(=O)C(CCCN)NC(=O)C(NC(=O)CCOCCOCCOCCOCCOCCOCCN5C(=O)C=CC5=O)C(C)C)cc3)c3ccccc43)s2)C2CC=CC=C12. The van der Waals surface area contributed by atoms with E-state index < -0.39 is 48.0 Å². The first-order chi connectivity index (χ1) is 51.7. The first-order valence-electron chi connectivity index (χ1n) is 35.9. The highest BCUT2D eigenvalue weighted by Crippen LogP contribution is 2.50. The van der Waals surface area contributed by atoms with Crippen LogP contribution in [0.4, 0.5) is 21.0 Å². The van der Waals surface area contributed by atoms with Gasteiger partial charge in [0, 0.05) is 101 Å². The zero-order chi connectivity index (χ0) is 76.5. The van der Waals surface area contributed by atoms with Gasteiger partial charge in [-0.3, -0.25) is 43.3 Å². The normalized spacial score (nSPS) is 18.3. The molecule has 31 heteroatoms. The highest BCUT2D eigenvalue weighted by atomic mass is 35.5. The predicted octanol–water partition coefficient (Wildman–Crippen LogP) is 7.56. The molecule has 0 radical (unpaired) electrons. The lowest BCUT2D eigenvalue weighted by atomic mass is 9.69. The lowest BCUT2D eigenvalue weighted by molar-refractivity contribution is -0.138. The molecule has 1 fully saturated rings. The van der Waals surface area contributed by atoms with Crippen molar-refractivity contribution in [2.75, 3.05) is 155 Å². The molecule has 1 saturated heterocycles. The number of carbonyl (C=O) groups excluding carboxylic acids is 10. The Balaban J connectivity index is 0.668. The molecule has 28 nitrogen and oxygen atoms in total. The van der Waals surface area contributed by atoms with Gasteiger partial charge < -0.3 is 83.9 Å². The van der Waals surface area contributed by atoms with Gasteiger partial charge in [-0.15, -0.1) is 34.5 Å². The van der Waals surface area contributed by atoms with Gasteiger partial charge in [0.05, 0.1) is 107 Å². The number of likely N-dealkylation sites (tertiary alicyclic amines) is 1. The number of likely N-dealkylation sites (N-methyl/N-ethyl adjacent to an activating group) is 2. The van der Waals surface area contributed by atoms with Crippen LogP contribution < -0.4 is 31.3 Å². The topological polar surface area (TPSA) is 332 Å². The fraction of sp³-hybridized carbons (Fsp3) is 0.500. The van der Waals surface area contributed by atoms with Crippen LogP contribution in [0.15, 0.2) is 115 Å². The van der Waals surface area contributed by atoms with Crippen molar-refractivity contribution >= 4 is 116 Å². The van der Waals surface area contributed by atoms with Crippen LogP contribution in [0.3, 0.4) is 0 Å². The van der Waals surface area contributed by atoms with Gasteiger partial charge in [0.1, 0.15) is 30.2 Å². The number of benzene rings is 3. The Morgan fingerprint density at radius 2 is 1.31 bits per heavy atom. The zero-order valence-electron chi connectivity index (χ0n) is 60.8. The van der Waals surface area contributed by atoms with E-state index in [1.165, 1.54) is 43.0 Å². The average Bonchev–Trinajstić information content (AvgIpc) is 1.62. The number of carbonyl (C=O) groups is 10. The van der Waals surface area contributed by atoms with E-state index in [0.717, 1.165) is 32.8 Å². The van der Waals surface area contributed by atoms with Crippen molar-refractivity contribution in [2.24, 2.45) is 29.4 Å². The van der Waals surface area contributed by atoms with E-state index in [9.17, 15) is 47.9 Å². The van der Waals surface area contributed by atoms with Crippen LogP contribution in [0.1, 0.15) is 82.8 Å². The number of nitrogens with one attached hydrogen (secondary N) is 3. The van der Waals surface area contributed by atoms with Crippen LogP contribution in [0.2, 0.25) is 0 Å². The number of esters is 1. The van der Waals surface area contributed by atoms with Gasteiger partial charge in [0.2, 0.25) is 17.7 Å². The van der Waals surface area contributed by atoms with Crippen LogP contribution in [0, 0.1) is 23.7 Å². The summed E-state index contributed by atoms with van der Waals surface area (Å²) in [5, 5.41) is 9.77. The molecule has 2 aliphatic carbocycles. The molecule has 5 N–H and O–H groups in total. The van der Waals surface area contributed by atoms with E-state index in [-0.39, 0.29) is 149 Å². The van der Waals surface area contributed by atoms with Crippen molar-refractivity contribution in [2.45, 2.75) is 77.1 Å². The smallest absolute Gasteiger partial charge is 0.415 e. The zero-order valence-corrected chi connectivity index (χ0v) is 63.2. The third-order valence-corrected chi connectivity index (χ3v) is 20.6. The molecular weight excluding hydrogens is 1450 g/mol. The highest BCUT2D eigenvalue weighted by Gasteiger charge is 2.51. The van der Waals surface area contributed by atoms with Crippen LogP contribution >= 0.6 is 34.5 Å². The lowest BCUT2D eigenvalue weighted by Crippen LogP contribution is -2.54. The van der Waals surface area contributed by atoms with E-state index in [4.69, 9.17) is 71.6 Å². The van der Waals surface area contributed by atoms with E-state index >= 15 is 0 Å². The summed E-state index contributed by atoms with van der Waals surface area (Å²) in [5.41, 5.74) is 9.07. The maximum atomic E-state index is 14.7. The maximum Gasteiger partial charge on any atom is 0.415 e. The van der Waals surface area contributed by atoms with Crippen LogP contribution in [-0.4, -0.2) is 242 Å². The molecule has 3 aliphatic heterocycles. The monoisotopic (exact) mass is 1540 g/mol. The number of nitrogens with zero attached hydrogens (tertiary/aromatic N) is 5. The Hall–Kier alpha value is -8.62. The van der Waals surface area contributed by atoms with Crippen LogP contribution in [0.5, 0.6) is 5.75 Å². The summed E-state index contributed by atoms with van der Waals surface area (Å²) in [6, 6.07) is 16.6. The number of fused-ring (bicyclic) bond motifs is 6. The molecule has 0 saturated carbocycles. The number of nitrogens with two attached hydrogens (primary N) is 1. The fourth-order valence-corrected chi connectivity index (χ4v) is 14.7. The number of hydrogen-bond donors (Lipinski definition) is 4. The number of amides is 9. The number of rotatable bonds is 41. The second-order valence-corrected chi connectivity index (χ2v) is 28.3. The third-order valence-electron chi connectivity index (χ3n) is 18.8. The van der Waals surface area contributed by atoms with Crippen molar-refractivity contribution in [3.63, 3.8) is 0 Å². The number of allylic oxidation sites excluding steroid dienone is 4. The molecule has 0 bridgehead atoms. The minimum atomic E-state index is -0.989. The van der Waals surface area contributed by atoms with Crippen molar-refractivity contribution < 1.29 is 90.6 Å². The van der Waals surface area contributed by atoms with Gasteiger partial charge in [-0.1, -0.05) is 68.5 Å². The molecule has 3 aromatic carbocycles. The summed E-state index contributed by atoms with van der Waals surface area (Å²) in [4.78, 5) is 140. The van der Waals surface area contributed by atoms with E-state index in [1.807, 2.05) is 42.5 Å². The second kappa shape index (κ2) is 41.1. The minimum absolute atomic E-state index is 0.00336. The highest BCUT2D eigenvalue weighted by molar-refractivity contribution is 7.16. The van der Waals surface area contributed by atoms with Gasteiger partial charge in [-0.25, -0.2) is 9.59 Å². The maximum absolute atomic E-state index is 14.7. The predicted molar refractivity (Wildman–Crippen MR) is 400 cm³/mol. The van der Waals surface area contributed by atoms with Gasteiger partial charge in [-0.05, 0) is 102 Å². The molecule has 9 rings (SSSR count). The number of alkyl halides is 2. The van der Waals surface area contributed by atoms with Gasteiger partial charge in [0.25, 0.3) is 23.6 Å². The Labute approximate surface area is 636 Å². The van der Waals surface area contributed by atoms with Crippen LogP contribution in [0.25, 0.3) is 10.8 Å². The summed E-state index contributed by atoms with van der Waals surface area (Å²) in [6.45, 7) is 9.63. The van der Waals surface area contributed by atoms with Crippen molar-refractivity contribution in [1.82, 2.24) is 30.2 Å². The minimum Gasteiger partial charge on any atom is -0.445 e. The van der Waals surface area contributed by atoms with Gasteiger partial charge in [-0.2, -0.15) is 0 Å². The molecule has 5 aliphatic rings. The van der Waals surface area contributed by atoms with Crippen LogP contribution in [-0.2, 0) is 73.3 Å². The Kier molecular flexibility index (Phi) is 31.7. The molecular formula is C76H95Cl2N9O19S. The molecule has 107 heavy (non-hydrogen) atoms. The number of ether oxygens (including phenoxy) is 9. The molecule has 1 aromatic heterocycles. The molecule has 4 aromatic rings. The van der Waals surface area contributed by atoms with Gasteiger partial charge >= 0.3 is 18.2 Å². The Bertz CT molecular complexity index is 3910. The fourth-order valence-electron chi connectivity index (χ4n) is 13.2. The number of imide groups is 1. The standard InChI is InChI=1S/C76H95Cl2N9O19S/c1-48(2)70(82-65(89)24-29-98-31-33-100-35-37-102-39-40-103-38-36-101-34-32-99-30-28-85-66(90)22-23-67(85)91)72(93)81-58(15-10-25-79)71(92)80-53-18-16-50(17-19-53)47-104-75(96)83(4)26-27-84(5)76(97)106-62-42-60-69(57-14-9-7-12-55(57)62)52(44-78)46-87(60)74(95)64-21-20-63(107-64)73(94)86-45-51(43-77)68-56-13-8-6-11-54(56)61(41-59(68)86)105-49(3)88/h6-9,11-12,14,16-23,41-42,48,51-52,56,58-59,68,70H,10,13,15,24-40,43-47,79H2,1-5H3,(H,80,92)(H,81,93)(H,82,89). The molecule has 9 amide bonds. The molecule has 4 heterocycles. The summed E-state index contributed by atoms with van der Waals surface area (Å²) in [5.74, 6) is -2.68. The number of thiophene rings is 1. The molecule has 578 valence electrons. The summed E-state index contributed by atoms with van der Waals surface area (Å²) < 4.78 is 50.3. The molecule has 0 spiro atoms. The van der Waals surface area contributed by atoms with Gasteiger partial charge in [0.15, 0.2) is 0 Å². The van der Waals surface area contributed by atoms with E-state index in [1.54, 1.807) is 66.1 Å². The number of anilines is 2. The third kappa shape index (κ3) is 22.5. The Morgan fingerprint density at radius 1 is 0.701 bits per heavy atom. The number of hydrogen-bond acceptors (Lipinski definition) is 21. The summed E-state index contributed by atoms with van der Waals surface area (Å²) >= 11 is 14.3. The number of halogens is 2. The first-order valence-corrected chi connectivity index (χ1v) is 37.8. The second-order valence-electron chi connectivity index (χ2n) is 26.6. The van der Waals surface area contributed by atoms with Crippen molar-refractivity contribution in [3.05, 3.63) is 135 Å². The average molecular weight is 1540 g/mol. The first kappa shape index (κ1) is 82.4. The van der Waals surface area contributed by atoms with Crippen molar-refractivity contribution in [3.8, 4) is 5.75 Å². The summed E-state index contributed by atoms with van der Waals surface area (Å²) in [7, 11) is 3.06. The lowest BCUT2D eigenvalue weighted by Gasteiger charge is -2.38. The quantitative estimate of drug-likeness (QED) is 0.0144. The molecule has 7 atom stereocenters. The van der Waals surface area contributed by atoms with E-state index in [2.05, 4.69) is 22.0 Å². The largest absolute Gasteiger partial charge is 0.445 e. The molecule has 7 unspecified atom stereocenters. The van der Waals surface area contributed by atoms with E-state index in [0.29, 0.717) is 116 Å².